The standard InChI is InChI=1S/C8H16O3/c1-7(2,3)8(4,5)6(9)11-10/h10H,1-5H3/p-1. The number of carbonyl (C=O) groups excluding carboxylic acids is 1. The lowest BCUT2D eigenvalue weighted by molar-refractivity contribution is -0.659. The molecular weight excluding hydrogens is 144 g/mol. The first-order valence-corrected chi connectivity index (χ1v) is 3.57. The van der Waals surface area contributed by atoms with Gasteiger partial charge < -0.3 is 10.1 Å². The molecule has 0 heterocycles. The van der Waals surface area contributed by atoms with Gasteiger partial charge in [-0.3, -0.25) is 4.79 Å². The average molecular weight is 159 g/mol. The fraction of sp³-hybridized carbons (Fsp3) is 0.875. The quantitative estimate of drug-likeness (QED) is 0.421. The molecule has 0 aliphatic heterocycles. The molecule has 0 aliphatic carbocycles. The van der Waals surface area contributed by atoms with E-state index in [9.17, 15) is 10.1 Å². The monoisotopic (exact) mass is 159 g/mol. The molecule has 0 aromatic heterocycles. The van der Waals surface area contributed by atoms with Crippen LogP contribution in [0.15, 0.2) is 0 Å². The predicted molar refractivity (Wildman–Crippen MR) is 39.3 cm³/mol. The average Bonchev–Trinajstić information content (AvgIpc) is 1.83. The molecule has 3 nitrogen and oxygen atoms in total. The van der Waals surface area contributed by atoms with Gasteiger partial charge in [-0.25, -0.2) is 0 Å². The van der Waals surface area contributed by atoms with Crippen molar-refractivity contribution in [2.24, 2.45) is 10.8 Å². The van der Waals surface area contributed by atoms with Crippen LogP contribution < -0.4 is 5.26 Å². The van der Waals surface area contributed by atoms with Crippen LogP contribution in [-0.4, -0.2) is 5.97 Å². The highest BCUT2D eigenvalue weighted by Crippen LogP contribution is 2.38. The van der Waals surface area contributed by atoms with E-state index in [1.165, 1.54) is 0 Å². The third kappa shape index (κ3) is 1.93. The van der Waals surface area contributed by atoms with Crippen LogP contribution in [0, 0.1) is 10.8 Å². The van der Waals surface area contributed by atoms with Crippen molar-refractivity contribution in [2.45, 2.75) is 34.6 Å². The first kappa shape index (κ1) is 10.4. The van der Waals surface area contributed by atoms with Gasteiger partial charge in [0.25, 0.3) is 0 Å². The van der Waals surface area contributed by atoms with Gasteiger partial charge >= 0.3 is 5.97 Å². The number of hydrogen-bond acceptors (Lipinski definition) is 3. The first-order valence-electron chi connectivity index (χ1n) is 3.57. The third-order valence-electron chi connectivity index (χ3n) is 2.46. The minimum Gasteiger partial charge on any atom is -0.662 e. The SMILES string of the molecule is CC(C)(C)C(C)(C)C(=O)O[O-]. The number of hydrogen-bond donors (Lipinski definition) is 0. The molecular formula is C8H15O3-. The van der Waals surface area contributed by atoms with E-state index in [0.717, 1.165) is 0 Å². The van der Waals surface area contributed by atoms with Crippen molar-refractivity contribution in [2.75, 3.05) is 0 Å². The Morgan fingerprint density at radius 3 is 1.64 bits per heavy atom. The lowest BCUT2D eigenvalue weighted by Crippen LogP contribution is -2.40. The summed E-state index contributed by atoms with van der Waals surface area (Å²) in [6.07, 6.45) is 0. The normalized spacial score (nSPS) is 12.9. The number of rotatable bonds is 1. The molecule has 0 amide bonds. The maximum atomic E-state index is 10.9. The van der Waals surface area contributed by atoms with Crippen LogP contribution in [0.2, 0.25) is 0 Å². The Bertz CT molecular complexity index is 153. The van der Waals surface area contributed by atoms with E-state index in [-0.39, 0.29) is 5.41 Å². The Morgan fingerprint density at radius 2 is 1.55 bits per heavy atom. The summed E-state index contributed by atoms with van der Waals surface area (Å²) in [4.78, 5) is 14.4. The summed E-state index contributed by atoms with van der Waals surface area (Å²) < 4.78 is 0. The van der Waals surface area contributed by atoms with Crippen LogP contribution in [0.1, 0.15) is 34.6 Å². The number of carbonyl (C=O) groups is 1. The van der Waals surface area contributed by atoms with Crippen molar-refractivity contribution >= 4 is 5.97 Å². The molecule has 0 N–H and O–H groups in total. The van der Waals surface area contributed by atoms with Gasteiger partial charge in [0, 0.05) is 0 Å². The second-order valence-electron chi connectivity index (χ2n) is 4.25. The molecule has 0 saturated carbocycles. The van der Waals surface area contributed by atoms with E-state index in [0.29, 0.717) is 0 Å². The lowest BCUT2D eigenvalue weighted by atomic mass is 9.69. The molecule has 0 fully saturated rings. The Balaban J connectivity index is 4.59. The van der Waals surface area contributed by atoms with Gasteiger partial charge in [-0.2, -0.15) is 0 Å². The van der Waals surface area contributed by atoms with Gasteiger partial charge in [0.1, 0.15) is 0 Å². The molecule has 3 heteroatoms. The molecule has 0 aromatic rings. The van der Waals surface area contributed by atoms with Crippen molar-refractivity contribution in [3.63, 3.8) is 0 Å². The van der Waals surface area contributed by atoms with E-state index in [1.54, 1.807) is 13.8 Å². The van der Waals surface area contributed by atoms with E-state index in [4.69, 9.17) is 0 Å². The molecule has 0 unspecified atom stereocenters. The smallest absolute Gasteiger partial charge is 0.306 e. The molecule has 66 valence electrons. The van der Waals surface area contributed by atoms with Crippen LogP contribution in [0.4, 0.5) is 0 Å². The molecule has 11 heavy (non-hydrogen) atoms. The highest BCUT2D eigenvalue weighted by Gasteiger charge is 2.40. The molecule has 0 aliphatic rings. The van der Waals surface area contributed by atoms with E-state index >= 15 is 0 Å². The fourth-order valence-electron chi connectivity index (χ4n) is 0.410. The first-order chi connectivity index (χ1) is 4.73. The Labute approximate surface area is 67.3 Å². The molecule has 0 saturated heterocycles. The van der Waals surface area contributed by atoms with E-state index < -0.39 is 11.4 Å². The Kier molecular flexibility index (Phi) is 2.67. The zero-order chi connectivity index (χ0) is 9.28. The highest BCUT2D eigenvalue weighted by atomic mass is 17.1. The second kappa shape index (κ2) is 2.81. The summed E-state index contributed by atoms with van der Waals surface area (Å²) in [5, 5.41) is 9.87. The summed E-state index contributed by atoms with van der Waals surface area (Å²) in [5.74, 6) is -0.704. The van der Waals surface area contributed by atoms with Crippen LogP contribution in [0.5, 0.6) is 0 Å². The van der Waals surface area contributed by atoms with Crippen molar-refractivity contribution in [3.8, 4) is 0 Å². The molecule has 0 spiro atoms. The third-order valence-corrected chi connectivity index (χ3v) is 2.46. The van der Waals surface area contributed by atoms with Crippen LogP contribution >= 0.6 is 0 Å². The predicted octanol–water partition coefficient (Wildman–Crippen LogP) is 0.877. The molecule has 0 bridgehead atoms. The van der Waals surface area contributed by atoms with Gasteiger partial charge in [0.2, 0.25) is 0 Å². The van der Waals surface area contributed by atoms with Crippen LogP contribution in [-0.2, 0) is 9.68 Å². The Morgan fingerprint density at radius 1 is 1.18 bits per heavy atom. The summed E-state index contributed by atoms with van der Waals surface area (Å²) in [6, 6.07) is 0. The van der Waals surface area contributed by atoms with Crippen LogP contribution in [0.3, 0.4) is 0 Å². The Hall–Kier alpha value is -0.570. The summed E-state index contributed by atoms with van der Waals surface area (Å²) in [5.41, 5.74) is -0.983. The maximum Gasteiger partial charge on any atom is 0.306 e. The maximum absolute atomic E-state index is 10.9. The van der Waals surface area contributed by atoms with Crippen molar-refractivity contribution in [1.82, 2.24) is 0 Å². The van der Waals surface area contributed by atoms with E-state index in [2.05, 4.69) is 4.89 Å². The molecule has 0 rings (SSSR count). The van der Waals surface area contributed by atoms with Crippen molar-refractivity contribution in [3.05, 3.63) is 0 Å². The fourth-order valence-corrected chi connectivity index (χ4v) is 0.410. The highest BCUT2D eigenvalue weighted by molar-refractivity contribution is 5.76. The van der Waals surface area contributed by atoms with Gasteiger partial charge in [-0.05, 0) is 19.3 Å². The zero-order valence-electron chi connectivity index (χ0n) is 7.72. The van der Waals surface area contributed by atoms with Crippen LogP contribution in [0.25, 0.3) is 0 Å². The summed E-state index contributed by atoms with van der Waals surface area (Å²) in [6.45, 7) is 9.08. The van der Waals surface area contributed by atoms with Gasteiger partial charge in [-0.1, -0.05) is 20.8 Å². The second-order valence-corrected chi connectivity index (χ2v) is 4.25. The summed E-state index contributed by atoms with van der Waals surface area (Å²) in [7, 11) is 0. The largest absolute Gasteiger partial charge is 0.662 e. The van der Waals surface area contributed by atoms with Gasteiger partial charge in [0.15, 0.2) is 0 Å². The minimum absolute atomic E-state index is 0.255. The lowest BCUT2D eigenvalue weighted by Gasteiger charge is -2.36. The van der Waals surface area contributed by atoms with E-state index in [1.807, 2.05) is 20.8 Å². The molecule has 0 aromatic carbocycles. The van der Waals surface area contributed by atoms with Crippen molar-refractivity contribution < 1.29 is 14.9 Å². The topological polar surface area (TPSA) is 49.4 Å². The van der Waals surface area contributed by atoms with Crippen molar-refractivity contribution in [1.29, 1.82) is 0 Å². The molecule has 0 atom stereocenters. The van der Waals surface area contributed by atoms with Gasteiger partial charge in [-0.15, -0.1) is 0 Å². The molecule has 0 radical (unpaired) electrons. The zero-order valence-corrected chi connectivity index (χ0v) is 7.72. The summed E-state index contributed by atoms with van der Waals surface area (Å²) >= 11 is 0. The minimum atomic E-state index is -0.727. The van der Waals surface area contributed by atoms with Gasteiger partial charge in [0.05, 0.1) is 5.41 Å².